The second-order valence-corrected chi connectivity index (χ2v) is 8.54. The number of fused-ring (bicyclic) bond motifs is 1. The smallest absolute Gasteiger partial charge is 0.406 e. The van der Waals surface area contributed by atoms with Gasteiger partial charge in [-0.2, -0.15) is 0 Å². The maximum Gasteiger partial charge on any atom is 0.573 e. The van der Waals surface area contributed by atoms with Crippen LogP contribution >= 0.6 is 0 Å². The second-order valence-electron chi connectivity index (χ2n) is 8.54. The Morgan fingerprint density at radius 2 is 1.55 bits per heavy atom. The average molecular weight is 458 g/mol. The lowest BCUT2D eigenvalue weighted by Crippen LogP contribution is -2.46. The first kappa shape index (κ1) is 23.4. The van der Waals surface area contributed by atoms with Crippen LogP contribution in [0.5, 0.6) is 5.75 Å². The minimum atomic E-state index is -4.64. The molecule has 33 heavy (non-hydrogen) atoms. The Labute approximate surface area is 193 Å². The number of rotatable bonds is 9. The van der Waals surface area contributed by atoms with Gasteiger partial charge in [-0.25, -0.2) is 0 Å². The van der Waals surface area contributed by atoms with E-state index in [2.05, 4.69) is 43.8 Å². The lowest BCUT2D eigenvalue weighted by atomic mass is 10.1. The quantitative estimate of drug-likeness (QED) is 0.365. The van der Waals surface area contributed by atoms with Crippen LogP contribution in [0.2, 0.25) is 0 Å². The van der Waals surface area contributed by atoms with Crippen molar-refractivity contribution in [3.05, 3.63) is 66.4 Å². The molecule has 2 heterocycles. The van der Waals surface area contributed by atoms with Crippen LogP contribution < -0.4 is 9.64 Å². The topological polar surface area (TPSA) is 28.6 Å². The molecule has 1 fully saturated rings. The normalized spacial score (nSPS) is 15.2. The van der Waals surface area contributed by atoms with Crippen LogP contribution in [0.15, 0.2) is 60.8 Å². The highest BCUT2D eigenvalue weighted by atomic mass is 19.4. The number of piperazine rings is 1. The van der Waals surface area contributed by atoms with E-state index in [1.807, 2.05) is 12.3 Å². The molecule has 0 spiro atoms. The first-order chi connectivity index (χ1) is 16.0. The fraction of sp³-hybridized carbons (Fsp3) is 0.423. The van der Waals surface area contributed by atoms with Gasteiger partial charge in [0.15, 0.2) is 0 Å². The van der Waals surface area contributed by atoms with E-state index >= 15 is 0 Å². The Morgan fingerprint density at radius 3 is 2.30 bits per heavy atom. The molecule has 0 bridgehead atoms. The van der Waals surface area contributed by atoms with Crippen molar-refractivity contribution in [3.63, 3.8) is 0 Å². The molecule has 1 saturated heterocycles. The maximum absolute atomic E-state index is 12.2. The summed E-state index contributed by atoms with van der Waals surface area (Å²) in [5.41, 5.74) is 3.35. The Hall–Kier alpha value is -2.80. The van der Waals surface area contributed by atoms with Crippen LogP contribution in [-0.2, 0) is 6.42 Å². The Kier molecular flexibility index (Phi) is 7.70. The predicted octanol–water partition coefficient (Wildman–Crippen LogP) is 6.06. The number of nitrogens with zero attached hydrogens (tertiary/aromatic N) is 3. The molecule has 1 aliphatic rings. The maximum atomic E-state index is 12.2. The molecule has 4 rings (SSSR count). The minimum absolute atomic E-state index is 0.164. The fourth-order valence-corrected chi connectivity index (χ4v) is 4.43. The average Bonchev–Trinajstić information content (AvgIpc) is 2.81. The third-order valence-electron chi connectivity index (χ3n) is 6.17. The number of para-hydroxylation sites is 1. The highest BCUT2D eigenvalue weighted by Gasteiger charge is 2.30. The zero-order chi connectivity index (χ0) is 23.1. The first-order valence-corrected chi connectivity index (χ1v) is 11.6. The van der Waals surface area contributed by atoms with Crippen molar-refractivity contribution in [1.82, 2.24) is 9.88 Å². The molecule has 0 unspecified atom stereocenters. The zero-order valence-electron chi connectivity index (χ0n) is 18.7. The number of hydrogen-bond donors (Lipinski definition) is 0. The summed E-state index contributed by atoms with van der Waals surface area (Å²) in [5.74, 6) is -0.164. The van der Waals surface area contributed by atoms with E-state index in [9.17, 15) is 13.2 Å². The van der Waals surface area contributed by atoms with Gasteiger partial charge in [-0.3, -0.25) is 9.88 Å². The van der Waals surface area contributed by atoms with Gasteiger partial charge in [0.05, 0.1) is 11.2 Å². The number of hydrogen-bond acceptors (Lipinski definition) is 4. The molecule has 0 saturated carbocycles. The fourth-order valence-electron chi connectivity index (χ4n) is 4.43. The van der Waals surface area contributed by atoms with Gasteiger partial charge in [-0.15, -0.1) is 13.2 Å². The molecule has 0 N–H and O–H groups in total. The van der Waals surface area contributed by atoms with E-state index in [1.165, 1.54) is 36.0 Å². The summed E-state index contributed by atoms with van der Waals surface area (Å²) in [7, 11) is 0. The SMILES string of the molecule is FC(F)(F)Oc1ccc(CCCCCCN2CCN(c3cccc4cccnc34)CC2)cc1. The molecule has 1 aliphatic heterocycles. The summed E-state index contributed by atoms with van der Waals surface area (Å²) in [5, 5.41) is 1.18. The van der Waals surface area contributed by atoms with Crippen molar-refractivity contribution in [2.75, 3.05) is 37.6 Å². The highest BCUT2D eigenvalue weighted by molar-refractivity contribution is 5.90. The molecule has 1 aromatic heterocycles. The monoisotopic (exact) mass is 457 g/mol. The lowest BCUT2D eigenvalue weighted by molar-refractivity contribution is -0.274. The summed E-state index contributed by atoms with van der Waals surface area (Å²) in [6, 6.07) is 16.7. The van der Waals surface area contributed by atoms with Crippen LogP contribution in [0.4, 0.5) is 18.9 Å². The highest BCUT2D eigenvalue weighted by Crippen LogP contribution is 2.26. The van der Waals surface area contributed by atoms with E-state index in [1.54, 1.807) is 12.1 Å². The predicted molar refractivity (Wildman–Crippen MR) is 126 cm³/mol. The van der Waals surface area contributed by atoms with Crippen molar-refractivity contribution in [3.8, 4) is 5.75 Å². The number of aromatic nitrogens is 1. The summed E-state index contributed by atoms with van der Waals surface area (Å²) < 4.78 is 40.6. The molecule has 0 aliphatic carbocycles. The molecular formula is C26H30F3N3O. The van der Waals surface area contributed by atoms with E-state index in [4.69, 9.17) is 0 Å². The van der Waals surface area contributed by atoms with Crippen molar-refractivity contribution >= 4 is 16.6 Å². The van der Waals surface area contributed by atoms with E-state index in [0.717, 1.165) is 63.1 Å². The third kappa shape index (κ3) is 6.84. The Morgan fingerprint density at radius 1 is 0.818 bits per heavy atom. The molecule has 176 valence electrons. The molecule has 2 aromatic carbocycles. The van der Waals surface area contributed by atoms with Crippen molar-refractivity contribution in [2.45, 2.75) is 38.5 Å². The molecule has 4 nitrogen and oxygen atoms in total. The van der Waals surface area contributed by atoms with Crippen molar-refractivity contribution < 1.29 is 17.9 Å². The van der Waals surface area contributed by atoms with Gasteiger partial charge in [0, 0.05) is 37.8 Å². The lowest BCUT2D eigenvalue weighted by Gasteiger charge is -2.36. The van der Waals surface area contributed by atoms with Crippen LogP contribution in [0, 0.1) is 0 Å². The number of unbranched alkanes of at least 4 members (excludes halogenated alkanes) is 3. The summed E-state index contributed by atoms with van der Waals surface area (Å²) in [6.45, 7) is 5.28. The molecule has 0 amide bonds. The second kappa shape index (κ2) is 10.9. The van der Waals surface area contributed by atoms with Gasteiger partial charge in [0.1, 0.15) is 5.75 Å². The minimum Gasteiger partial charge on any atom is -0.406 e. The number of pyridine rings is 1. The van der Waals surface area contributed by atoms with Gasteiger partial charge >= 0.3 is 6.36 Å². The molecule has 0 atom stereocenters. The van der Waals surface area contributed by atoms with E-state index < -0.39 is 6.36 Å². The summed E-state index contributed by atoms with van der Waals surface area (Å²) >= 11 is 0. The van der Waals surface area contributed by atoms with E-state index in [0.29, 0.717) is 0 Å². The van der Waals surface area contributed by atoms with E-state index in [-0.39, 0.29) is 5.75 Å². The van der Waals surface area contributed by atoms with Gasteiger partial charge in [0.25, 0.3) is 0 Å². The van der Waals surface area contributed by atoms with Gasteiger partial charge in [-0.1, -0.05) is 43.2 Å². The number of benzene rings is 2. The van der Waals surface area contributed by atoms with Gasteiger partial charge < -0.3 is 9.64 Å². The van der Waals surface area contributed by atoms with Crippen molar-refractivity contribution in [1.29, 1.82) is 0 Å². The van der Waals surface area contributed by atoms with Crippen LogP contribution in [0.25, 0.3) is 10.9 Å². The van der Waals surface area contributed by atoms with Crippen molar-refractivity contribution in [2.24, 2.45) is 0 Å². The van der Waals surface area contributed by atoms with Crippen LogP contribution in [0.1, 0.15) is 31.2 Å². The molecule has 0 radical (unpaired) electrons. The zero-order valence-corrected chi connectivity index (χ0v) is 18.7. The standard InChI is InChI=1S/C26H30F3N3O/c27-26(28,29)33-23-13-11-21(12-14-23)7-3-1-2-4-16-31-17-19-32(20-18-31)24-10-5-8-22-9-6-15-30-25(22)24/h5-6,8-15H,1-4,7,16-20H2. The third-order valence-corrected chi connectivity index (χ3v) is 6.17. The number of anilines is 1. The Balaban J connectivity index is 1.12. The first-order valence-electron chi connectivity index (χ1n) is 11.6. The molecular weight excluding hydrogens is 427 g/mol. The largest absolute Gasteiger partial charge is 0.573 e. The molecule has 7 heteroatoms. The summed E-state index contributed by atoms with van der Waals surface area (Å²) in [6.07, 6.45) is 2.62. The van der Waals surface area contributed by atoms with Crippen LogP contribution in [0.3, 0.4) is 0 Å². The molecule has 3 aromatic rings. The number of alkyl halides is 3. The van der Waals surface area contributed by atoms with Gasteiger partial charge in [0.2, 0.25) is 0 Å². The number of aryl methyl sites for hydroxylation is 1. The Bertz CT molecular complexity index is 1010. The number of ether oxygens (including phenoxy) is 1. The number of halogens is 3. The van der Waals surface area contributed by atoms with Crippen LogP contribution in [-0.4, -0.2) is 49.0 Å². The van der Waals surface area contributed by atoms with Gasteiger partial charge in [-0.05, 0) is 55.6 Å². The summed E-state index contributed by atoms with van der Waals surface area (Å²) in [4.78, 5) is 9.56.